The van der Waals surface area contributed by atoms with Gasteiger partial charge in [0.15, 0.2) is 0 Å². The first kappa shape index (κ1) is 14.6. The van der Waals surface area contributed by atoms with E-state index in [2.05, 4.69) is 29.8 Å². The molecule has 114 valence electrons. The number of carbonyl (C=O) groups is 1. The maximum atomic E-state index is 12.7. The molecule has 22 heavy (non-hydrogen) atoms. The first-order valence-electron chi connectivity index (χ1n) is 7.87. The molecule has 0 unspecified atom stereocenters. The molecule has 1 N–H and O–H groups in total. The molecule has 4 heteroatoms. The molecule has 1 aromatic heterocycles. The monoisotopic (exact) mass is 295 g/mol. The molecule has 1 aliphatic heterocycles. The van der Waals surface area contributed by atoms with E-state index < -0.39 is 0 Å². The van der Waals surface area contributed by atoms with E-state index in [1.165, 1.54) is 0 Å². The zero-order chi connectivity index (χ0) is 15.9. The van der Waals surface area contributed by atoms with Gasteiger partial charge in [-0.2, -0.15) is 5.26 Å². The summed E-state index contributed by atoms with van der Waals surface area (Å²) in [5.74, 6) is 0.350. The number of nitrogens with zero attached hydrogens (tertiary/aromatic N) is 2. The number of rotatable bonds is 2. The predicted molar refractivity (Wildman–Crippen MR) is 86.4 cm³/mol. The van der Waals surface area contributed by atoms with Gasteiger partial charge in [0.25, 0.3) is 0 Å². The summed E-state index contributed by atoms with van der Waals surface area (Å²) >= 11 is 0. The number of Topliss-reactive ketones (excluding diaryl/α,β-unsaturated/α-hetero) is 1. The summed E-state index contributed by atoms with van der Waals surface area (Å²) in [5, 5.41) is 14.7. The molecule has 0 aromatic carbocycles. The van der Waals surface area contributed by atoms with Crippen LogP contribution >= 0.6 is 0 Å². The van der Waals surface area contributed by atoms with Crippen LogP contribution in [-0.2, 0) is 6.54 Å². The maximum absolute atomic E-state index is 12.7. The second-order valence-corrected chi connectivity index (χ2v) is 6.46. The lowest BCUT2D eigenvalue weighted by molar-refractivity contribution is 0.103. The Balaban J connectivity index is 2.40. The predicted octanol–water partition coefficient (Wildman–Crippen LogP) is 1.37. The second-order valence-electron chi connectivity index (χ2n) is 6.46. The minimum Gasteiger partial charge on any atom is -0.389 e. The molecule has 0 spiro atoms. The Bertz CT molecular complexity index is 831. The number of allylic oxidation sites excluding steroid dienone is 2. The van der Waals surface area contributed by atoms with Crippen LogP contribution in [0.3, 0.4) is 0 Å². The van der Waals surface area contributed by atoms with Crippen molar-refractivity contribution >= 4 is 17.6 Å². The van der Waals surface area contributed by atoms with Gasteiger partial charge < -0.3 is 9.88 Å². The Morgan fingerprint density at radius 2 is 2.23 bits per heavy atom. The highest BCUT2D eigenvalue weighted by Gasteiger charge is 2.27. The molecular formula is C18H21N3O. The van der Waals surface area contributed by atoms with Crippen LogP contribution < -0.4 is 16.0 Å². The van der Waals surface area contributed by atoms with Crippen LogP contribution in [0.4, 0.5) is 0 Å². The minimum absolute atomic E-state index is 0.128. The van der Waals surface area contributed by atoms with Crippen LogP contribution in [-0.4, -0.2) is 16.9 Å². The summed E-state index contributed by atoms with van der Waals surface area (Å²) in [6.07, 6.45) is 5.71. The lowest BCUT2D eigenvalue weighted by Crippen LogP contribution is -2.32. The SMILES string of the molecule is Cc1c2c(n3c1=CNCCC3)=C(CC(C)C)C=C(C#N)C2=O. The highest BCUT2D eigenvalue weighted by molar-refractivity contribution is 6.15. The first-order chi connectivity index (χ1) is 10.5. The third-order valence-corrected chi connectivity index (χ3v) is 4.34. The van der Waals surface area contributed by atoms with Gasteiger partial charge in [0, 0.05) is 19.3 Å². The number of hydrogen-bond donors (Lipinski definition) is 1. The van der Waals surface area contributed by atoms with Crippen molar-refractivity contribution < 1.29 is 4.79 Å². The Morgan fingerprint density at radius 1 is 1.45 bits per heavy atom. The van der Waals surface area contributed by atoms with Crippen molar-refractivity contribution in [3.63, 3.8) is 0 Å². The zero-order valence-corrected chi connectivity index (χ0v) is 13.4. The summed E-state index contributed by atoms with van der Waals surface area (Å²) in [6, 6.07) is 2.07. The molecule has 0 atom stereocenters. The van der Waals surface area contributed by atoms with E-state index in [-0.39, 0.29) is 11.4 Å². The third kappa shape index (κ3) is 2.18. The molecule has 2 aliphatic rings. The van der Waals surface area contributed by atoms with E-state index in [9.17, 15) is 10.1 Å². The van der Waals surface area contributed by atoms with Crippen molar-refractivity contribution in [1.82, 2.24) is 9.88 Å². The normalized spacial score (nSPS) is 17.0. The average Bonchev–Trinajstić information content (AvgIpc) is 2.65. The van der Waals surface area contributed by atoms with Crippen LogP contribution in [0.5, 0.6) is 0 Å². The molecular weight excluding hydrogens is 274 g/mol. The number of carbonyl (C=O) groups excluding carboxylic acids is 1. The molecule has 1 aliphatic carbocycles. The lowest BCUT2D eigenvalue weighted by atomic mass is 9.90. The van der Waals surface area contributed by atoms with Gasteiger partial charge in [0.05, 0.1) is 16.3 Å². The van der Waals surface area contributed by atoms with Gasteiger partial charge >= 0.3 is 0 Å². The highest BCUT2D eigenvalue weighted by atomic mass is 16.1. The molecule has 0 radical (unpaired) electrons. The number of aromatic nitrogens is 1. The lowest BCUT2D eigenvalue weighted by Gasteiger charge is -2.14. The fraction of sp³-hybridized carbons (Fsp3) is 0.444. The van der Waals surface area contributed by atoms with Gasteiger partial charge in [-0.1, -0.05) is 13.8 Å². The van der Waals surface area contributed by atoms with Gasteiger partial charge in [-0.25, -0.2) is 0 Å². The molecule has 1 aromatic rings. The van der Waals surface area contributed by atoms with Crippen molar-refractivity contribution in [2.45, 2.75) is 40.2 Å². The Kier molecular flexibility index (Phi) is 3.66. The number of nitriles is 1. The van der Waals surface area contributed by atoms with Gasteiger partial charge in [0.2, 0.25) is 5.78 Å². The van der Waals surface area contributed by atoms with E-state index in [1.807, 2.05) is 13.1 Å². The highest BCUT2D eigenvalue weighted by Crippen LogP contribution is 2.21. The molecule has 0 saturated carbocycles. The van der Waals surface area contributed by atoms with E-state index in [0.29, 0.717) is 5.92 Å². The van der Waals surface area contributed by atoms with Crippen molar-refractivity contribution in [2.24, 2.45) is 5.92 Å². The van der Waals surface area contributed by atoms with Crippen LogP contribution in [0, 0.1) is 24.2 Å². The van der Waals surface area contributed by atoms with Crippen LogP contribution in [0.1, 0.15) is 42.6 Å². The molecule has 4 nitrogen and oxygen atoms in total. The van der Waals surface area contributed by atoms with Crippen molar-refractivity contribution in [1.29, 1.82) is 5.26 Å². The van der Waals surface area contributed by atoms with E-state index >= 15 is 0 Å². The van der Waals surface area contributed by atoms with Crippen molar-refractivity contribution in [2.75, 3.05) is 6.54 Å². The summed E-state index contributed by atoms with van der Waals surface area (Å²) in [4.78, 5) is 12.7. The second kappa shape index (κ2) is 5.49. The molecule has 0 fully saturated rings. The van der Waals surface area contributed by atoms with Crippen molar-refractivity contribution in [3.8, 4) is 6.07 Å². The van der Waals surface area contributed by atoms with Crippen LogP contribution in [0.15, 0.2) is 11.6 Å². The summed E-state index contributed by atoms with van der Waals surface area (Å²) in [5.41, 5.74) is 3.09. The molecule has 0 bridgehead atoms. The average molecular weight is 295 g/mol. The number of hydrogen-bond acceptors (Lipinski definition) is 3. The Morgan fingerprint density at radius 3 is 2.91 bits per heavy atom. The molecule has 2 heterocycles. The van der Waals surface area contributed by atoms with Gasteiger partial charge in [0.1, 0.15) is 11.6 Å². The fourth-order valence-electron chi connectivity index (χ4n) is 3.42. The van der Waals surface area contributed by atoms with Crippen LogP contribution in [0.25, 0.3) is 11.8 Å². The number of ketones is 1. The summed E-state index contributed by atoms with van der Waals surface area (Å²) in [6.45, 7) is 8.16. The number of fused-ring (bicyclic) bond motifs is 3. The third-order valence-electron chi connectivity index (χ3n) is 4.34. The zero-order valence-electron chi connectivity index (χ0n) is 13.4. The Labute approximate surface area is 130 Å². The van der Waals surface area contributed by atoms with E-state index in [0.717, 1.165) is 53.3 Å². The minimum atomic E-state index is -0.128. The fourth-order valence-corrected chi connectivity index (χ4v) is 3.42. The molecule has 0 saturated heterocycles. The van der Waals surface area contributed by atoms with Crippen LogP contribution in [0.2, 0.25) is 0 Å². The van der Waals surface area contributed by atoms with E-state index in [4.69, 9.17) is 0 Å². The van der Waals surface area contributed by atoms with Gasteiger partial charge in [-0.15, -0.1) is 0 Å². The quantitative estimate of drug-likeness (QED) is 0.896. The topological polar surface area (TPSA) is 57.8 Å². The number of nitrogens with one attached hydrogen (secondary N) is 1. The standard InChI is InChI=1S/C18H21N3O/c1-11(2)7-13-8-14(9-19)18(22)16-12(3)15-10-20-5-4-6-21(15)17(13)16/h8,10-11,20H,4-7H2,1-3H3. The van der Waals surface area contributed by atoms with Crippen molar-refractivity contribution in [3.05, 3.63) is 33.5 Å². The summed E-state index contributed by atoms with van der Waals surface area (Å²) in [7, 11) is 0. The van der Waals surface area contributed by atoms with Gasteiger partial charge in [-0.3, -0.25) is 4.79 Å². The molecule has 3 rings (SSSR count). The summed E-state index contributed by atoms with van der Waals surface area (Å²) < 4.78 is 2.25. The smallest absolute Gasteiger partial charge is 0.205 e. The Hall–Kier alpha value is -2.28. The van der Waals surface area contributed by atoms with Gasteiger partial charge in [-0.05, 0) is 42.9 Å². The maximum Gasteiger partial charge on any atom is 0.205 e. The largest absolute Gasteiger partial charge is 0.389 e. The van der Waals surface area contributed by atoms with E-state index in [1.54, 1.807) is 6.08 Å². The first-order valence-corrected chi connectivity index (χ1v) is 7.87. The molecule has 0 amide bonds.